The molecule has 0 saturated carbocycles. The van der Waals surface area contributed by atoms with E-state index in [2.05, 4.69) is 33.6 Å². The molecular weight excluding hydrogens is 336 g/mol. The maximum absolute atomic E-state index is 12.7. The van der Waals surface area contributed by atoms with Gasteiger partial charge in [0.1, 0.15) is 17.3 Å². The standard InChI is InChI=1S/C22H24N4O/c1-14-10-11-19(15(2)12-14)26-21-13-20(24-17(4)25-21)22(27)23-16(3)18-8-6-5-7-9-18/h5-13,16H,1-4H3,(H,23,27)(H,24,25,26). The number of rotatable bonds is 5. The highest BCUT2D eigenvalue weighted by molar-refractivity contribution is 5.93. The molecule has 2 aromatic carbocycles. The predicted octanol–water partition coefficient (Wildman–Crippen LogP) is 4.64. The van der Waals surface area contributed by atoms with Crippen molar-refractivity contribution in [3.05, 3.63) is 82.8 Å². The fourth-order valence-electron chi connectivity index (χ4n) is 2.94. The van der Waals surface area contributed by atoms with Crippen LogP contribution in [0, 0.1) is 20.8 Å². The van der Waals surface area contributed by atoms with Gasteiger partial charge in [0.25, 0.3) is 5.91 Å². The number of benzene rings is 2. The van der Waals surface area contributed by atoms with Crippen LogP contribution in [0.1, 0.15) is 46.0 Å². The topological polar surface area (TPSA) is 66.9 Å². The minimum absolute atomic E-state index is 0.107. The molecule has 2 N–H and O–H groups in total. The summed E-state index contributed by atoms with van der Waals surface area (Å²) < 4.78 is 0. The summed E-state index contributed by atoms with van der Waals surface area (Å²) in [4.78, 5) is 21.4. The molecule has 1 aromatic heterocycles. The molecule has 1 unspecified atom stereocenters. The van der Waals surface area contributed by atoms with Gasteiger partial charge < -0.3 is 10.6 Å². The Balaban J connectivity index is 1.79. The summed E-state index contributed by atoms with van der Waals surface area (Å²) in [6.07, 6.45) is 0. The molecule has 1 atom stereocenters. The molecule has 0 bridgehead atoms. The van der Waals surface area contributed by atoms with Gasteiger partial charge >= 0.3 is 0 Å². The van der Waals surface area contributed by atoms with E-state index in [0.29, 0.717) is 17.3 Å². The summed E-state index contributed by atoms with van der Waals surface area (Å²) >= 11 is 0. The second kappa shape index (κ2) is 7.99. The third kappa shape index (κ3) is 4.70. The van der Waals surface area contributed by atoms with Crippen LogP contribution in [-0.4, -0.2) is 15.9 Å². The summed E-state index contributed by atoms with van der Waals surface area (Å²) in [6.45, 7) is 7.83. The monoisotopic (exact) mass is 360 g/mol. The Bertz CT molecular complexity index is 954. The van der Waals surface area contributed by atoms with Crippen LogP contribution in [0.15, 0.2) is 54.6 Å². The number of aromatic nitrogens is 2. The van der Waals surface area contributed by atoms with Crippen LogP contribution in [0.5, 0.6) is 0 Å². The van der Waals surface area contributed by atoms with Gasteiger partial charge in [0.2, 0.25) is 0 Å². The van der Waals surface area contributed by atoms with Crippen molar-refractivity contribution < 1.29 is 4.79 Å². The normalized spacial score (nSPS) is 11.7. The first-order chi connectivity index (χ1) is 12.9. The van der Waals surface area contributed by atoms with Crippen LogP contribution in [0.2, 0.25) is 0 Å². The van der Waals surface area contributed by atoms with E-state index >= 15 is 0 Å². The lowest BCUT2D eigenvalue weighted by atomic mass is 10.1. The SMILES string of the molecule is Cc1ccc(Nc2cc(C(=O)NC(C)c3ccccc3)nc(C)n2)c(C)c1. The van der Waals surface area contributed by atoms with E-state index in [-0.39, 0.29) is 11.9 Å². The van der Waals surface area contributed by atoms with E-state index in [9.17, 15) is 4.79 Å². The first-order valence-corrected chi connectivity index (χ1v) is 8.98. The van der Waals surface area contributed by atoms with E-state index in [4.69, 9.17) is 0 Å². The highest BCUT2D eigenvalue weighted by Gasteiger charge is 2.14. The van der Waals surface area contributed by atoms with Gasteiger partial charge in [-0.25, -0.2) is 9.97 Å². The molecule has 3 rings (SSSR count). The number of nitrogens with zero attached hydrogens (tertiary/aromatic N) is 2. The summed E-state index contributed by atoms with van der Waals surface area (Å²) in [5.74, 6) is 0.926. The quantitative estimate of drug-likeness (QED) is 0.696. The average Bonchev–Trinajstić information content (AvgIpc) is 2.64. The van der Waals surface area contributed by atoms with Gasteiger partial charge in [0.15, 0.2) is 0 Å². The highest BCUT2D eigenvalue weighted by atomic mass is 16.1. The third-order valence-electron chi connectivity index (χ3n) is 4.36. The highest BCUT2D eigenvalue weighted by Crippen LogP contribution is 2.21. The Morgan fingerprint density at radius 2 is 1.70 bits per heavy atom. The number of amides is 1. The van der Waals surface area contributed by atoms with Gasteiger partial charge in [0, 0.05) is 11.8 Å². The molecule has 1 amide bonds. The van der Waals surface area contributed by atoms with Crippen molar-refractivity contribution in [1.29, 1.82) is 0 Å². The number of carbonyl (C=O) groups is 1. The predicted molar refractivity (Wildman–Crippen MR) is 108 cm³/mol. The van der Waals surface area contributed by atoms with Gasteiger partial charge in [-0.1, -0.05) is 48.0 Å². The maximum Gasteiger partial charge on any atom is 0.270 e. The van der Waals surface area contributed by atoms with Gasteiger partial charge in [-0.3, -0.25) is 4.79 Å². The van der Waals surface area contributed by atoms with E-state index in [0.717, 1.165) is 16.8 Å². The molecule has 0 radical (unpaired) electrons. The molecule has 0 aliphatic heterocycles. The first kappa shape index (κ1) is 18.6. The fourth-order valence-corrected chi connectivity index (χ4v) is 2.94. The number of anilines is 2. The molecule has 0 aliphatic carbocycles. The Hall–Kier alpha value is -3.21. The molecule has 5 heteroatoms. The molecule has 1 heterocycles. The van der Waals surface area contributed by atoms with Crippen LogP contribution in [0.25, 0.3) is 0 Å². The van der Waals surface area contributed by atoms with Crippen molar-refractivity contribution >= 4 is 17.4 Å². The minimum atomic E-state index is -0.222. The van der Waals surface area contributed by atoms with Crippen molar-refractivity contribution in [3.8, 4) is 0 Å². The van der Waals surface area contributed by atoms with Gasteiger partial charge in [-0.2, -0.15) is 0 Å². The largest absolute Gasteiger partial charge is 0.344 e. The van der Waals surface area contributed by atoms with Gasteiger partial charge in [0.05, 0.1) is 6.04 Å². The van der Waals surface area contributed by atoms with Crippen LogP contribution in [0.3, 0.4) is 0 Å². The summed E-state index contributed by atoms with van der Waals surface area (Å²) in [6, 6.07) is 17.6. The van der Waals surface area contributed by atoms with Crippen molar-refractivity contribution in [2.45, 2.75) is 33.7 Å². The smallest absolute Gasteiger partial charge is 0.270 e. The molecule has 3 aromatic rings. The van der Waals surface area contributed by atoms with Crippen molar-refractivity contribution in [1.82, 2.24) is 15.3 Å². The number of aryl methyl sites for hydroxylation is 3. The van der Waals surface area contributed by atoms with Crippen molar-refractivity contribution in [2.75, 3.05) is 5.32 Å². The van der Waals surface area contributed by atoms with Crippen molar-refractivity contribution in [2.24, 2.45) is 0 Å². The lowest BCUT2D eigenvalue weighted by molar-refractivity contribution is 0.0934. The van der Waals surface area contributed by atoms with Gasteiger partial charge in [-0.05, 0) is 44.9 Å². The fraction of sp³-hybridized carbons (Fsp3) is 0.227. The molecule has 0 saturated heterocycles. The second-order valence-electron chi connectivity index (χ2n) is 6.73. The van der Waals surface area contributed by atoms with E-state index < -0.39 is 0 Å². The van der Waals surface area contributed by atoms with E-state index in [1.807, 2.05) is 56.3 Å². The van der Waals surface area contributed by atoms with Gasteiger partial charge in [-0.15, -0.1) is 0 Å². The number of hydrogen-bond acceptors (Lipinski definition) is 4. The first-order valence-electron chi connectivity index (χ1n) is 8.98. The number of nitrogens with one attached hydrogen (secondary N) is 2. The summed E-state index contributed by atoms with van der Waals surface area (Å²) in [7, 11) is 0. The summed E-state index contributed by atoms with van der Waals surface area (Å²) in [5.41, 5.74) is 4.67. The lowest BCUT2D eigenvalue weighted by Crippen LogP contribution is -2.27. The second-order valence-corrected chi connectivity index (χ2v) is 6.73. The van der Waals surface area contributed by atoms with Crippen molar-refractivity contribution in [3.63, 3.8) is 0 Å². The summed E-state index contributed by atoms with van der Waals surface area (Å²) in [5, 5.41) is 6.28. The zero-order valence-electron chi connectivity index (χ0n) is 16.1. The Morgan fingerprint density at radius 1 is 0.963 bits per heavy atom. The Morgan fingerprint density at radius 3 is 2.41 bits per heavy atom. The molecule has 138 valence electrons. The molecule has 5 nitrogen and oxygen atoms in total. The molecular formula is C22H24N4O. The average molecular weight is 360 g/mol. The Kier molecular flexibility index (Phi) is 5.50. The zero-order chi connectivity index (χ0) is 19.4. The lowest BCUT2D eigenvalue weighted by Gasteiger charge is -2.15. The zero-order valence-corrected chi connectivity index (χ0v) is 16.1. The minimum Gasteiger partial charge on any atom is -0.344 e. The van der Waals surface area contributed by atoms with E-state index in [1.54, 1.807) is 13.0 Å². The molecule has 0 fully saturated rings. The molecule has 0 aliphatic rings. The third-order valence-corrected chi connectivity index (χ3v) is 4.36. The van der Waals surface area contributed by atoms with Crippen LogP contribution in [0.4, 0.5) is 11.5 Å². The van der Waals surface area contributed by atoms with Crippen LogP contribution < -0.4 is 10.6 Å². The van der Waals surface area contributed by atoms with Crippen LogP contribution in [-0.2, 0) is 0 Å². The molecule has 0 spiro atoms. The number of carbonyl (C=O) groups excluding carboxylic acids is 1. The maximum atomic E-state index is 12.7. The Labute approximate surface area is 159 Å². The van der Waals surface area contributed by atoms with E-state index in [1.165, 1.54) is 5.56 Å². The molecule has 27 heavy (non-hydrogen) atoms. The van der Waals surface area contributed by atoms with Crippen LogP contribution >= 0.6 is 0 Å². The number of hydrogen-bond donors (Lipinski definition) is 2.